The van der Waals surface area contributed by atoms with Crippen LogP contribution in [-0.2, 0) is 9.53 Å². The second-order valence-electron chi connectivity index (χ2n) is 8.71. The predicted octanol–water partition coefficient (Wildman–Crippen LogP) is 5.03. The molecule has 2 aromatic heterocycles. The molecule has 5 rings (SSSR count). The van der Waals surface area contributed by atoms with Crippen molar-refractivity contribution in [3.8, 4) is 17.1 Å². The summed E-state index contributed by atoms with van der Waals surface area (Å²) in [5, 5.41) is 0.654. The van der Waals surface area contributed by atoms with Gasteiger partial charge in [0.05, 0.1) is 29.5 Å². The summed E-state index contributed by atoms with van der Waals surface area (Å²) in [6.45, 7) is 5.65. The topological polar surface area (TPSA) is 83.0 Å². The van der Waals surface area contributed by atoms with Gasteiger partial charge in [-0.15, -0.1) is 0 Å². The molecule has 0 radical (unpaired) electrons. The Morgan fingerprint density at radius 2 is 1.97 bits per heavy atom. The molecule has 2 aromatic carbocycles. The first-order valence-corrected chi connectivity index (χ1v) is 13.2. The highest BCUT2D eigenvalue weighted by Crippen LogP contribution is 2.35. The van der Waals surface area contributed by atoms with E-state index in [-0.39, 0.29) is 12.2 Å². The molecule has 4 aromatic rings. The van der Waals surface area contributed by atoms with Crippen LogP contribution in [0, 0.1) is 6.92 Å². The van der Waals surface area contributed by atoms with Crippen molar-refractivity contribution in [2.75, 3.05) is 13.7 Å². The molecule has 1 unspecified atom stereocenters. The monoisotopic (exact) mass is 548 g/mol. The Hall–Kier alpha value is -3.88. The normalized spacial score (nSPS) is 15.3. The van der Waals surface area contributed by atoms with E-state index in [1.807, 2.05) is 55.5 Å². The molecule has 0 amide bonds. The van der Waals surface area contributed by atoms with Crippen molar-refractivity contribution >= 4 is 35.0 Å². The van der Waals surface area contributed by atoms with Gasteiger partial charge in [-0.3, -0.25) is 9.36 Å². The van der Waals surface area contributed by atoms with Crippen molar-refractivity contribution in [1.82, 2.24) is 4.57 Å². The summed E-state index contributed by atoms with van der Waals surface area (Å²) in [7, 11) is 1.56. The molecular formula is C29H25ClN2O5S. The van der Waals surface area contributed by atoms with Gasteiger partial charge in [0.2, 0.25) is 0 Å². The Morgan fingerprint density at radius 1 is 1.18 bits per heavy atom. The fourth-order valence-electron chi connectivity index (χ4n) is 4.59. The van der Waals surface area contributed by atoms with Crippen LogP contribution in [0.25, 0.3) is 17.4 Å². The number of aryl methyl sites for hydroxylation is 1. The number of aromatic nitrogens is 1. The van der Waals surface area contributed by atoms with Crippen LogP contribution in [0.1, 0.15) is 36.8 Å². The van der Waals surface area contributed by atoms with Gasteiger partial charge in [0, 0.05) is 22.2 Å². The average molecular weight is 549 g/mol. The summed E-state index contributed by atoms with van der Waals surface area (Å²) >= 11 is 7.33. The molecule has 0 saturated carbocycles. The maximum Gasteiger partial charge on any atom is 0.338 e. The number of benzene rings is 2. The molecule has 0 saturated heterocycles. The summed E-state index contributed by atoms with van der Waals surface area (Å²) in [6, 6.07) is 15.8. The fraction of sp³-hybridized carbons (Fsp3) is 0.207. The number of fused-ring (bicyclic) bond motifs is 1. The van der Waals surface area contributed by atoms with Gasteiger partial charge in [-0.05, 0) is 62.7 Å². The molecule has 7 nitrogen and oxygen atoms in total. The van der Waals surface area contributed by atoms with Crippen molar-refractivity contribution in [2.45, 2.75) is 26.8 Å². The van der Waals surface area contributed by atoms with Crippen LogP contribution in [0.4, 0.5) is 0 Å². The van der Waals surface area contributed by atoms with E-state index < -0.39 is 12.0 Å². The van der Waals surface area contributed by atoms with Crippen LogP contribution < -0.4 is 19.6 Å². The van der Waals surface area contributed by atoms with Crippen LogP contribution >= 0.6 is 22.9 Å². The van der Waals surface area contributed by atoms with E-state index >= 15 is 0 Å². The average Bonchev–Trinajstić information content (AvgIpc) is 3.47. The van der Waals surface area contributed by atoms with Crippen molar-refractivity contribution in [1.29, 1.82) is 0 Å². The highest BCUT2D eigenvalue weighted by molar-refractivity contribution is 7.07. The number of nitrogens with zero attached hydrogens (tertiary/aromatic N) is 2. The van der Waals surface area contributed by atoms with Gasteiger partial charge in [-0.1, -0.05) is 41.1 Å². The standard InChI is InChI=1S/C29H25ClN2O5S/c1-5-36-28(34)25-17(3)31-29-32(26(25)21-8-6-7-9-22(21)35-4)27(33)24(38-29)15-19-11-13-23(37-19)20-12-10-18(30)14-16(20)2/h6-15,26H,5H2,1-4H3/b24-15-. The van der Waals surface area contributed by atoms with Gasteiger partial charge in [-0.2, -0.15) is 0 Å². The summed E-state index contributed by atoms with van der Waals surface area (Å²) < 4.78 is 19.0. The van der Waals surface area contributed by atoms with Crippen LogP contribution in [0.5, 0.6) is 5.75 Å². The van der Waals surface area contributed by atoms with Crippen molar-refractivity contribution in [2.24, 2.45) is 4.99 Å². The molecule has 1 atom stereocenters. The Morgan fingerprint density at radius 3 is 2.71 bits per heavy atom. The lowest BCUT2D eigenvalue weighted by Gasteiger charge is -2.25. The van der Waals surface area contributed by atoms with Crippen LogP contribution in [0.15, 0.2) is 80.1 Å². The Labute approximate surface area is 227 Å². The number of para-hydroxylation sites is 1. The predicted molar refractivity (Wildman–Crippen MR) is 147 cm³/mol. The van der Waals surface area contributed by atoms with E-state index in [9.17, 15) is 9.59 Å². The van der Waals surface area contributed by atoms with Gasteiger partial charge < -0.3 is 13.9 Å². The number of methoxy groups -OCH3 is 1. The third kappa shape index (κ3) is 4.61. The number of ether oxygens (including phenoxy) is 2. The number of allylic oxidation sites excluding steroid dienone is 1. The van der Waals surface area contributed by atoms with E-state index in [1.54, 1.807) is 33.1 Å². The second-order valence-corrected chi connectivity index (χ2v) is 10.2. The van der Waals surface area contributed by atoms with E-state index in [2.05, 4.69) is 4.99 Å². The smallest absolute Gasteiger partial charge is 0.338 e. The zero-order valence-electron chi connectivity index (χ0n) is 21.3. The minimum absolute atomic E-state index is 0.201. The molecule has 1 aliphatic heterocycles. The van der Waals surface area contributed by atoms with Gasteiger partial charge >= 0.3 is 5.97 Å². The molecule has 0 spiro atoms. The van der Waals surface area contributed by atoms with E-state index in [4.69, 9.17) is 25.5 Å². The van der Waals surface area contributed by atoms with E-state index in [0.29, 0.717) is 48.5 Å². The number of halogens is 1. The number of hydrogen-bond acceptors (Lipinski definition) is 7. The third-order valence-corrected chi connectivity index (χ3v) is 7.52. The Balaban J connectivity index is 1.66. The summed E-state index contributed by atoms with van der Waals surface area (Å²) in [6.07, 6.45) is 1.70. The number of hydrogen-bond donors (Lipinski definition) is 0. The van der Waals surface area contributed by atoms with E-state index in [1.165, 1.54) is 15.9 Å². The van der Waals surface area contributed by atoms with Gasteiger partial charge in [0.25, 0.3) is 5.56 Å². The van der Waals surface area contributed by atoms with Crippen LogP contribution in [0.3, 0.4) is 0 Å². The first kappa shape index (κ1) is 25.8. The summed E-state index contributed by atoms with van der Waals surface area (Å²) in [5.41, 5.74) is 3.07. The molecular weight excluding hydrogens is 524 g/mol. The minimum atomic E-state index is -0.757. The lowest BCUT2D eigenvalue weighted by molar-refractivity contribution is -0.139. The van der Waals surface area contributed by atoms with Gasteiger partial charge in [0.15, 0.2) is 4.80 Å². The molecule has 3 heterocycles. The lowest BCUT2D eigenvalue weighted by Crippen LogP contribution is -2.40. The van der Waals surface area contributed by atoms with Gasteiger partial charge in [-0.25, -0.2) is 9.79 Å². The quantitative estimate of drug-likeness (QED) is 0.316. The fourth-order valence-corrected chi connectivity index (χ4v) is 5.84. The van der Waals surface area contributed by atoms with Crippen molar-refractivity contribution in [3.63, 3.8) is 0 Å². The number of esters is 1. The molecule has 0 fully saturated rings. The number of thiazole rings is 1. The minimum Gasteiger partial charge on any atom is -0.496 e. The zero-order chi connectivity index (χ0) is 27.0. The Bertz CT molecular complexity index is 1760. The third-order valence-electron chi connectivity index (χ3n) is 6.30. The second kappa shape index (κ2) is 10.5. The SMILES string of the molecule is CCOC(=O)C1=C(C)N=c2s/c(=C\c3ccc(-c4ccc(Cl)cc4C)o3)c(=O)n2C1c1ccccc1OC. The first-order chi connectivity index (χ1) is 18.3. The number of furan rings is 1. The maximum atomic E-state index is 13.8. The molecule has 0 aliphatic carbocycles. The Kier molecular flexibility index (Phi) is 7.10. The van der Waals surface area contributed by atoms with Crippen LogP contribution in [-0.4, -0.2) is 24.3 Å². The molecule has 0 N–H and O–H groups in total. The van der Waals surface area contributed by atoms with Gasteiger partial charge in [0.1, 0.15) is 23.3 Å². The molecule has 1 aliphatic rings. The van der Waals surface area contributed by atoms with Crippen LogP contribution in [0.2, 0.25) is 5.02 Å². The largest absolute Gasteiger partial charge is 0.496 e. The van der Waals surface area contributed by atoms with E-state index in [0.717, 1.165) is 11.1 Å². The molecule has 38 heavy (non-hydrogen) atoms. The summed E-state index contributed by atoms with van der Waals surface area (Å²) in [4.78, 5) is 32.0. The maximum absolute atomic E-state index is 13.8. The highest BCUT2D eigenvalue weighted by atomic mass is 35.5. The molecule has 0 bridgehead atoms. The first-order valence-electron chi connectivity index (χ1n) is 12.0. The number of carbonyl (C=O) groups excluding carboxylic acids is 1. The number of rotatable bonds is 6. The number of carbonyl (C=O) groups is 1. The van der Waals surface area contributed by atoms with Crippen molar-refractivity contribution in [3.05, 3.63) is 107 Å². The summed E-state index contributed by atoms with van der Waals surface area (Å²) in [5.74, 6) is 1.23. The molecule has 194 valence electrons. The lowest BCUT2D eigenvalue weighted by atomic mass is 9.95. The molecule has 9 heteroatoms. The zero-order valence-corrected chi connectivity index (χ0v) is 22.9. The highest BCUT2D eigenvalue weighted by Gasteiger charge is 2.35. The van der Waals surface area contributed by atoms with Crippen molar-refractivity contribution < 1.29 is 18.7 Å².